The maximum Gasteiger partial charge on any atom is 0.178 e. The van der Waals surface area contributed by atoms with E-state index in [2.05, 4.69) is 0 Å². The molecule has 0 saturated heterocycles. The van der Waals surface area contributed by atoms with Gasteiger partial charge in [0.15, 0.2) is 9.84 Å². The van der Waals surface area contributed by atoms with Gasteiger partial charge in [0.2, 0.25) is 0 Å². The van der Waals surface area contributed by atoms with Gasteiger partial charge in [-0.05, 0) is 62.3 Å². The van der Waals surface area contributed by atoms with Crippen molar-refractivity contribution in [3.63, 3.8) is 0 Å². The molecule has 0 unspecified atom stereocenters. The summed E-state index contributed by atoms with van der Waals surface area (Å²) in [7, 11) is -3.38. The van der Waals surface area contributed by atoms with E-state index in [0.29, 0.717) is 12.5 Å². The smallest absolute Gasteiger partial charge is 0.178 e. The Kier molecular flexibility index (Phi) is 4.58. The summed E-state index contributed by atoms with van der Waals surface area (Å²) in [4.78, 5) is 0.0912. The van der Waals surface area contributed by atoms with Gasteiger partial charge in [0, 0.05) is 0 Å². The molecule has 5 heteroatoms. The van der Waals surface area contributed by atoms with Gasteiger partial charge in [-0.2, -0.15) is 0 Å². The number of nitrogens with two attached hydrogens (primary N) is 1. The molecule has 0 atom stereocenters. The molecule has 3 nitrogen and oxygen atoms in total. The Morgan fingerprint density at radius 3 is 2.37 bits per heavy atom. The van der Waals surface area contributed by atoms with Crippen LogP contribution in [-0.2, 0) is 9.84 Å². The predicted molar refractivity (Wildman–Crippen MR) is 73.0 cm³/mol. The van der Waals surface area contributed by atoms with Crippen LogP contribution in [0.3, 0.4) is 0 Å². The van der Waals surface area contributed by atoms with Crippen LogP contribution in [0.2, 0.25) is 0 Å². The highest BCUT2D eigenvalue weighted by Gasteiger charge is 2.26. The van der Waals surface area contributed by atoms with Crippen molar-refractivity contribution in [1.29, 1.82) is 0 Å². The first-order valence-electron chi connectivity index (χ1n) is 6.69. The van der Waals surface area contributed by atoms with Gasteiger partial charge in [-0.25, -0.2) is 12.8 Å². The van der Waals surface area contributed by atoms with Gasteiger partial charge in [0.25, 0.3) is 0 Å². The molecule has 19 heavy (non-hydrogen) atoms. The van der Waals surface area contributed by atoms with Crippen molar-refractivity contribution in [2.45, 2.75) is 30.6 Å². The summed E-state index contributed by atoms with van der Waals surface area (Å²) in [5.74, 6) is 0.324. The number of halogens is 1. The van der Waals surface area contributed by atoms with Crippen LogP contribution < -0.4 is 5.73 Å². The van der Waals surface area contributed by atoms with E-state index in [1.807, 2.05) is 0 Å². The third-order valence-corrected chi connectivity index (χ3v) is 5.79. The van der Waals surface area contributed by atoms with Gasteiger partial charge >= 0.3 is 0 Å². The molecule has 0 aliphatic heterocycles. The molecular formula is C14H20FNO2S. The zero-order valence-corrected chi connectivity index (χ0v) is 11.7. The van der Waals surface area contributed by atoms with Gasteiger partial charge in [0.05, 0.1) is 10.6 Å². The fourth-order valence-electron chi connectivity index (χ4n) is 2.70. The Morgan fingerprint density at radius 1 is 1.16 bits per heavy atom. The van der Waals surface area contributed by atoms with E-state index in [0.717, 1.165) is 31.7 Å². The molecule has 0 heterocycles. The van der Waals surface area contributed by atoms with Crippen molar-refractivity contribution >= 4 is 9.84 Å². The largest absolute Gasteiger partial charge is 0.330 e. The summed E-state index contributed by atoms with van der Waals surface area (Å²) in [5.41, 5.74) is 5.62. The van der Waals surface area contributed by atoms with E-state index in [-0.39, 0.29) is 16.6 Å². The van der Waals surface area contributed by atoms with E-state index >= 15 is 0 Å². The van der Waals surface area contributed by atoms with E-state index in [4.69, 9.17) is 5.73 Å². The minimum Gasteiger partial charge on any atom is -0.330 e. The number of benzene rings is 1. The number of rotatable bonds is 4. The van der Waals surface area contributed by atoms with Crippen LogP contribution in [-0.4, -0.2) is 20.7 Å². The third-order valence-electron chi connectivity index (χ3n) is 3.91. The maximum atomic E-state index is 13.1. The Balaban J connectivity index is 2.02. The minimum absolute atomic E-state index is 0.0912. The molecule has 0 aromatic heterocycles. The van der Waals surface area contributed by atoms with Crippen LogP contribution in [0.25, 0.3) is 0 Å². The summed E-state index contributed by atoms with van der Waals surface area (Å²) in [5, 5.41) is 0. The Morgan fingerprint density at radius 2 is 1.79 bits per heavy atom. The average molecular weight is 285 g/mol. The van der Waals surface area contributed by atoms with Crippen molar-refractivity contribution in [3.8, 4) is 0 Å². The van der Waals surface area contributed by atoms with Crippen LogP contribution in [0.4, 0.5) is 4.39 Å². The standard InChI is InChI=1S/C14H20FNO2S/c15-13-2-1-3-14(8-13)19(17,18)10-12-6-4-11(9-16)5-7-12/h1-3,8,11-12H,4-7,9-10,16H2. The molecule has 2 rings (SSSR count). The van der Waals surface area contributed by atoms with E-state index in [9.17, 15) is 12.8 Å². The SMILES string of the molecule is NCC1CCC(CS(=O)(=O)c2cccc(F)c2)CC1. The zero-order chi connectivity index (χ0) is 13.9. The van der Waals surface area contributed by atoms with Gasteiger partial charge in [-0.15, -0.1) is 0 Å². The second kappa shape index (κ2) is 6.01. The summed E-state index contributed by atoms with van der Waals surface area (Å²) in [6.07, 6.45) is 3.80. The first kappa shape index (κ1) is 14.5. The topological polar surface area (TPSA) is 60.2 Å². The van der Waals surface area contributed by atoms with Crippen molar-refractivity contribution in [2.75, 3.05) is 12.3 Å². The predicted octanol–water partition coefficient (Wildman–Crippen LogP) is 2.36. The van der Waals surface area contributed by atoms with Crippen molar-refractivity contribution in [1.82, 2.24) is 0 Å². The molecule has 1 aliphatic rings. The normalized spacial score (nSPS) is 24.3. The lowest BCUT2D eigenvalue weighted by molar-refractivity contribution is 0.297. The van der Waals surface area contributed by atoms with Crippen LogP contribution in [0, 0.1) is 17.7 Å². The van der Waals surface area contributed by atoms with Gasteiger partial charge in [0.1, 0.15) is 5.82 Å². The molecule has 0 radical (unpaired) electrons. The van der Waals surface area contributed by atoms with Crippen LogP contribution >= 0.6 is 0 Å². The van der Waals surface area contributed by atoms with Crippen molar-refractivity contribution in [3.05, 3.63) is 30.1 Å². The summed E-state index contributed by atoms with van der Waals surface area (Å²) >= 11 is 0. The third kappa shape index (κ3) is 3.76. The van der Waals surface area contributed by atoms with Gasteiger partial charge in [-0.1, -0.05) is 6.07 Å². The van der Waals surface area contributed by atoms with Crippen LogP contribution in [0.1, 0.15) is 25.7 Å². The second-order valence-electron chi connectivity index (χ2n) is 5.36. The molecule has 0 amide bonds. The first-order chi connectivity index (χ1) is 9.01. The van der Waals surface area contributed by atoms with Crippen molar-refractivity contribution < 1.29 is 12.8 Å². The molecule has 1 aliphatic carbocycles. The Hall–Kier alpha value is -0.940. The number of hydrogen-bond acceptors (Lipinski definition) is 3. The summed E-state index contributed by atoms with van der Waals surface area (Å²) in [6.45, 7) is 0.684. The van der Waals surface area contributed by atoms with E-state index in [1.54, 1.807) is 0 Å². The minimum atomic E-state index is -3.38. The van der Waals surface area contributed by atoms with Gasteiger partial charge in [-0.3, -0.25) is 0 Å². The second-order valence-corrected chi connectivity index (χ2v) is 7.40. The molecule has 1 aromatic carbocycles. The monoisotopic (exact) mass is 285 g/mol. The van der Waals surface area contributed by atoms with Crippen molar-refractivity contribution in [2.24, 2.45) is 17.6 Å². The lowest BCUT2D eigenvalue weighted by Crippen LogP contribution is -2.25. The van der Waals surface area contributed by atoms with E-state index < -0.39 is 15.7 Å². The zero-order valence-electron chi connectivity index (χ0n) is 10.9. The van der Waals surface area contributed by atoms with Crippen LogP contribution in [0.15, 0.2) is 29.2 Å². The molecule has 1 aromatic rings. The maximum absolute atomic E-state index is 13.1. The Bertz CT molecular complexity index is 522. The highest BCUT2D eigenvalue weighted by atomic mass is 32.2. The lowest BCUT2D eigenvalue weighted by Gasteiger charge is -2.27. The molecule has 1 saturated carbocycles. The lowest BCUT2D eigenvalue weighted by atomic mass is 9.83. The molecule has 1 fully saturated rings. The Labute approximate surface area is 113 Å². The van der Waals surface area contributed by atoms with Crippen LogP contribution in [0.5, 0.6) is 0 Å². The summed E-state index contributed by atoms with van der Waals surface area (Å²) in [6, 6.07) is 5.25. The first-order valence-corrected chi connectivity index (χ1v) is 8.35. The molecule has 106 valence electrons. The number of hydrogen-bond donors (Lipinski definition) is 1. The quantitative estimate of drug-likeness (QED) is 0.924. The fourth-order valence-corrected chi connectivity index (χ4v) is 4.43. The fraction of sp³-hybridized carbons (Fsp3) is 0.571. The highest BCUT2D eigenvalue weighted by Crippen LogP contribution is 2.30. The average Bonchev–Trinajstić information content (AvgIpc) is 2.39. The highest BCUT2D eigenvalue weighted by molar-refractivity contribution is 7.91. The molecular weight excluding hydrogens is 265 g/mol. The molecule has 0 bridgehead atoms. The van der Waals surface area contributed by atoms with E-state index in [1.165, 1.54) is 18.2 Å². The number of sulfone groups is 1. The summed E-state index contributed by atoms with van der Waals surface area (Å²) < 4.78 is 37.5. The van der Waals surface area contributed by atoms with Gasteiger partial charge < -0.3 is 5.73 Å². The molecule has 2 N–H and O–H groups in total. The molecule has 0 spiro atoms.